The van der Waals surface area contributed by atoms with Gasteiger partial charge in [-0.2, -0.15) is 5.10 Å². The second-order valence-corrected chi connectivity index (χ2v) is 4.34. The van der Waals surface area contributed by atoms with Crippen LogP contribution in [-0.2, 0) is 11.3 Å². The lowest BCUT2D eigenvalue weighted by atomic mass is 10.3. The lowest BCUT2D eigenvalue weighted by Crippen LogP contribution is -2.38. The van der Waals surface area contributed by atoms with Crippen LogP contribution in [0.1, 0.15) is 0 Å². The van der Waals surface area contributed by atoms with Crippen molar-refractivity contribution < 1.29 is 9.90 Å². The molecule has 2 heterocycles. The second-order valence-electron chi connectivity index (χ2n) is 3.11. The molecule has 0 saturated carbocycles. The Bertz CT molecular complexity index is 314. The van der Waals surface area contributed by atoms with E-state index in [9.17, 15) is 4.79 Å². The molecule has 1 fully saturated rings. The fourth-order valence-corrected chi connectivity index (χ4v) is 2.54. The Balaban J connectivity index is 1.87. The van der Waals surface area contributed by atoms with Gasteiger partial charge in [0.2, 0.25) is 0 Å². The molecule has 0 amide bonds. The van der Waals surface area contributed by atoms with Crippen LogP contribution in [0.25, 0.3) is 0 Å². The molecular weight excluding hydrogens is 202 g/mol. The van der Waals surface area contributed by atoms with E-state index in [4.69, 9.17) is 5.11 Å². The Labute approximate surface area is 85.5 Å². The molecule has 2 N–H and O–H groups in total. The van der Waals surface area contributed by atoms with Gasteiger partial charge in [-0.05, 0) is 6.07 Å². The number of nitrogens with zero attached hydrogens (tertiary/aromatic N) is 2. The predicted molar refractivity (Wildman–Crippen MR) is 53.0 cm³/mol. The summed E-state index contributed by atoms with van der Waals surface area (Å²) in [6, 6.07) is 1.44. The molecule has 76 valence electrons. The Kier molecular flexibility index (Phi) is 2.74. The minimum atomic E-state index is -0.777. The van der Waals surface area contributed by atoms with Crippen LogP contribution in [0.5, 0.6) is 0 Å². The normalized spacial score (nSPS) is 26.6. The van der Waals surface area contributed by atoms with E-state index in [-0.39, 0.29) is 5.37 Å². The zero-order valence-corrected chi connectivity index (χ0v) is 8.28. The predicted octanol–water partition coefficient (Wildman–Crippen LogP) is -0.00120. The SMILES string of the molecule is O=C(O)[C@@H]1CS[C@H](Cn2cccn2)N1. The van der Waals surface area contributed by atoms with E-state index in [2.05, 4.69) is 10.4 Å². The molecule has 14 heavy (non-hydrogen) atoms. The van der Waals surface area contributed by atoms with Crippen molar-refractivity contribution in [1.82, 2.24) is 15.1 Å². The van der Waals surface area contributed by atoms with Gasteiger partial charge in [-0.1, -0.05) is 0 Å². The lowest BCUT2D eigenvalue weighted by Gasteiger charge is -2.10. The van der Waals surface area contributed by atoms with Crippen molar-refractivity contribution in [3.05, 3.63) is 18.5 Å². The molecule has 2 atom stereocenters. The van der Waals surface area contributed by atoms with Crippen LogP contribution in [0, 0.1) is 0 Å². The third kappa shape index (κ3) is 2.08. The summed E-state index contributed by atoms with van der Waals surface area (Å²) >= 11 is 1.62. The molecule has 0 unspecified atom stereocenters. The third-order valence-corrected chi connectivity index (χ3v) is 3.27. The van der Waals surface area contributed by atoms with Crippen LogP contribution >= 0.6 is 11.8 Å². The van der Waals surface area contributed by atoms with Crippen molar-refractivity contribution in [2.75, 3.05) is 5.75 Å². The first-order valence-electron chi connectivity index (χ1n) is 4.33. The molecule has 0 bridgehead atoms. The zero-order chi connectivity index (χ0) is 9.97. The van der Waals surface area contributed by atoms with E-state index >= 15 is 0 Å². The number of aliphatic carboxylic acids is 1. The highest BCUT2D eigenvalue weighted by Gasteiger charge is 2.29. The first-order chi connectivity index (χ1) is 6.75. The number of carbonyl (C=O) groups is 1. The minimum Gasteiger partial charge on any atom is -0.480 e. The first-order valence-corrected chi connectivity index (χ1v) is 5.38. The van der Waals surface area contributed by atoms with Gasteiger partial charge in [-0.15, -0.1) is 11.8 Å². The molecule has 1 aromatic rings. The van der Waals surface area contributed by atoms with Gasteiger partial charge in [-0.25, -0.2) is 0 Å². The van der Waals surface area contributed by atoms with Crippen LogP contribution in [-0.4, -0.2) is 38.0 Å². The fraction of sp³-hybridized carbons (Fsp3) is 0.500. The maximum atomic E-state index is 10.7. The van der Waals surface area contributed by atoms with Gasteiger partial charge in [-0.3, -0.25) is 14.8 Å². The Morgan fingerprint density at radius 1 is 1.79 bits per heavy atom. The van der Waals surface area contributed by atoms with E-state index in [0.717, 1.165) is 0 Å². The van der Waals surface area contributed by atoms with E-state index in [1.165, 1.54) is 0 Å². The van der Waals surface area contributed by atoms with Gasteiger partial charge >= 0.3 is 5.97 Å². The molecule has 1 aliphatic rings. The Morgan fingerprint density at radius 3 is 3.21 bits per heavy atom. The number of carboxylic acids is 1. The molecule has 0 aromatic carbocycles. The van der Waals surface area contributed by atoms with Gasteiger partial charge in [0.1, 0.15) is 6.04 Å². The number of rotatable bonds is 3. The van der Waals surface area contributed by atoms with E-state index < -0.39 is 12.0 Å². The summed E-state index contributed by atoms with van der Waals surface area (Å²) in [5.41, 5.74) is 0. The van der Waals surface area contributed by atoms with Crippen LogP contribution in [0.2, 0.25) is 0 Å². The molecule has 2 rings (SSSR count). The number of nitrogens with one attached hydrogen (secondary N) is 1. The van der Waals surface area contributed by atoms with Gasteiger partial charge in [0, 0.05) is 18.1 Å². The van der Waals surface area contributed by atoms with E-state index in [1.807, 2.05) is 12.3 Å². The first kappa shape index (κ1) is 9.54. The van der Waals surface area contributed by atoms with Crippen molar-refractivity contribution in [3.63, 3.8) is 0 Å². The highest BCUT2D eigenvalue weighted by molar-refractivity contribution is 8.00. The highest BCUT2D eigenvalue weighted by Crippen LogP contribution is 2.19. The molecule has 1 aromatic heterocycles. The van der Waals surface area contributed by atoms with Crippen LogP contribution in [0.4, 0.5) is 0 Å². The van der Waals surface area contributed by atoms with Crippen molar-refractivity contribution in [2.45, 2.75) is 18.0 Å². The summed E-state index contributed by atoms with van der Waals surface area (Å²) in [4.78, 5) is 10.7. The third-order valence-electron chi connectivity index (χ3n) is 2.06. The number of carboxylic acid groups (broad SMARTS) is 1. The van der Waals surface area contributed by atoms with Gasteiger partial charge in [0.15, 0.2) is 0 Å². The molecule has 5 nitrogen and oxygen atoms in total. The quantitative estimate of drug-likeness (QED) is 0.739. The van der Waals surface area contributed by atoms with Crippen molar-refractivity contribution in [2.24, 2.45) is 0 Å². The summed E-state index contributed by atoms with van der Waals surface area (Å²) in [5.74, 6) is -0.151. The van der Waals surface area contributed by atoms with Gasteiger partial charge in [0.25, 0.3) is 0 Å². The largest absolute Gasteiger partial charge is 0.480 e. The molecule has 0 radical (unpaired) electrons. The Hall–Kier alpha value is -1.01. The lowest BCUT2D eigenvalue weighted by molar-refractivity contribution is -0.138. The van der Waals surface area contributed by atoms with Crippen LogP contribution < -0.4 is 5.32 Å². The van der Waals surface area contributed by atoms with Crippen molar-refractivity contribution in [3.8, 4) is 0 Å². The summed E-state index contributed by atoms with van der Waals surface area (Å²) in [7, 11) is 0. The average molecular weight is 213 g/mol. The van der Waals surface area contributed by atoms with Crippen molar-refractivity contribution in [1.29, 1.82) is 0 Å². The molecule has 0 aliphatic carbocycles. The van der Waals surface area contributed by atoms with Crippen molar-refractivity contribution >= 4 is 17.7 Å². The number of thioether (sulfide) groups is 1. The summed E-state index contributed by atoms with van der Waals surface area (Å²) in [6.07, 6.45) is 3.59. The van der Waals surface area contributed by atoms with E-state index in [0.29, 0.717) is 12.3 Å². The highest BCUT2D eigenvalue weighted by atomic mass is 32.2. The molecule has 1 aliphatic heterocycles. The number of hydrogen-bond donors (Lipinski definition) is 2. The summed E-state index contributed by atoms with van der Waals surface area (Å²) < 4.78 is 1.80. The topological polar surface area (TPSA) is 67.1 Å². The number of hydrogen-bond acceptors (Lipinski definition) is 4. The number of aromatic nitrogens is 2. The van der Waals surface area contributed by atoms with Crippen LogP contribution in [0.3, 0.4) is 0 Å². The second kappa shape index (κ2) is 4.02. The zero-order valence-electron chi connectivity index (χ0n) is 7.46. The minimum absolute atomic E-state index is 0.149. The van der Waals surface area contributed by atoms with Gasteiger partial charge < -0.3 is 5.11 Å². The smallest absolute Gasteiger partial charge is 0.321 e. The fourth-order valence-electron chi connectivity index (χ4n) is 1.36. The van der Waals surface area contributed by atoms with Gasteiger partial charge in [0.05, 0.1) is 11.9 Å². The molecule has 6 heteroatoms. The molecule has 1 saturated heterocycles. The van der Waals surface area contributed by atoms with Crippen LogP contribution in [0.15, 0.2) is 18.5 Å². The average Bonchev–Trinajstić information content (AvgIpc) is 2.75. The maximum absolute atomic E-state index is 10.7. The molecule has 0 spiro atoms. The summed E-state index contributed by atoms with van der Waals surface area (Å²) in [5, 5.41) is 16.0. The summed E-state index contributed by atoms with van der Waals surface area (Å²) in [6.45, 7) is 0.710. The standard InChI is InChI=1S/C8H11N3O2S/c12-8(13)6-5-14-7(10-6)4-11-3-1-2-9-11/h1-3,6-7,10H,4-5H2,(H,12,13)/t6-,7+/m0/s1. The monoisotopic (exact) mass is 213 g/mol. The van der Waals surface area contributed by atoms with E-state index in [1.54, 1.807) is 22.6 Å². The molecular formula is C8H11N3O2S. The maximum Gasteiger partial charge on any atom is 0.321 e. The Morgan fingerprint density at radius 2 is 2.64 bits per heavy atom.